The van der Waals surface area contributed by atoms with Crippen LogP contribution in [0.3, 0.4) is 0 Å². The number of aryl methyl sites for hydroxylation is 2. The quantitative estimate of drug-likeness (QED) is 0.811. The lowest BCUT2D eigenvalue weighted by atomic mass is 10.0. The lowest BCUT2D eigenvalue weighted by molar-refractivity contribution is -0.119. The molecule has 0 N–H and O–H groups in total. The van der Waals surface area contributed by atoms with E-state index in [1.54, 1.807) is 4.90 Å². The van der Waals surface area contributed by atoms with Crippen LogP contribution in [0.25, 0.3) is 0 Å². The van der Waals surface area contributed by atoms with E-state index in [9.17, 15) is 13.2 Å². The first-order valence-corrected chi connectivity index (χ1v) is 10.6. The van der Waals surface area contributed by atoms with Gasteiger partial charge in [-0.15, -0.1) is 0 Å². The maximum absolute atomic E-state index is 12.9. The second-order valence-electron chi connectivity index (χ2n) is 6.80. The highest BCUT2D eigenvalue weighted by molar-refractivity contribution is 7.88. The molecule has 0 unspecified atom stereocenters. The molecule has 1 aliphatic heterocycles. The molecule has 0 spiro atoms. The minimum atomic E-state index is -3.50. The van der Waals surface area contributed by atoms with Crippen molar-refractivity contribution in [3.8, 4) is 0 Å². The summed E-state index contributed by atoms with van der Waals surface area (Å²) in [5, 5.41) is 0. The first kappa shape index (κ1) is 18.6. The van der Waals surface area contributed by atoms with Crippen LogP contribution in [0.5, 0.6) is 0 Å². The Bertz CT molecular complexity index is 909. The van der Waals surface area contributed by atoms with E-state index in [0.717, 1.165) is 41.5 Å². The Labute approximate surface area is 155 Å². The molecule has 0 bridgehead atoms. The van der Waals surface area contributed by atoms with Crippen LogP contribution < -0.4 is 4.90 Å². The van der Waals surface area contributed by atoms with Crippen molar-refractivity contribution in [3.63, 3.8) is 0 Å². The fourth-order valence-electron chi connectivity index (χ4n) is 3.33. The summed E-state index contributed by atoms with van der Waals surface area (Å²) in [4.78, 5) is 14.6. The Morgan fingerprint density at radius 1 is 1.15 bits per heavy atom. The van der Waals surface area contributed by atoms with Crippen LogP contribution in [0.2, 0.25) is 0 Å². The van der Waals surface area contributed by atoms with E-state index in [1.165, 1.54) is 4.31 Å². The Balaban J connectivity index is 1.81. The van der Waals surface area contributed by atoms with Crippen molar-refractivity contribution >= 4 is 21.6 Å². The number of carbonyl (C=O) groups excluding carboxylic acids is 1. The summed E-state index contributed by atoms with van der Waals surface area (Å²) in [6, 6.07) is 15.5. The number of rotatable bonds is 5. The van der Waals surface area contributed by atoms with Crippen molar-refractivity contribution in [2.45, 2.75) is 26.3 Å². The van der Waals surface area contributed by atoms with Gasteiger partial charge in [0.25, 0.3) is 0 Å². The number of anilines is 1. The fraction of sp³-hybridized carbons (Fsp3) is 0.350. The SMILES string of the molecule is Cc1cccc(CN(CC(=O)N2CCCc3ccccc32)S(C)(=O)=O)c1. The number of hydrogen-bond donors (Lipinski definition) is 0. The first-order valence-electron chi connectivity index (χ1n) is 8.73. The van der Waals surface area contributed by atoms with Crippen molar-refractivity contribution < 1.29 is 13.2 Å². The Hall–Kier alpha value is -2.18. The largest absolute Gasteiger partial charge is 0.311 e. The molecule has 0 saturated heterocycles. The zero-order valence-corrected chi connectivity index (χ0v) is 16.0. The molecule has 1 heterocycles. The Morgan fingerprint density at radius 2 is 1.92 bits per heavy atom. The van der Waals surface area contributed by atoms with Crippen LogP contribution in [-0.4, -0.2) is 38.0 Å². The molecule has 5 nitrogen and oxygen atoms in total. The highest BCUT2D eigenvalue weighted by atomic mass is 32.2. The molecular formula is C20H24N2O3S. The van der Waals surface area contributed by atoms with E-state index < -0.39 is 10.0 Å². The smallest absolute Gasteiger partial charge is 0.242 e. The molecule has 3 rings (SSSR count). The molecule has 0 atom stereocenters. The summed E-state index contributed by atoms with van der Waals surface area (Å²) in [6.07, 6.45) is 2.98. The lowest BCUT2D eigenvalue weighted by Crippen LogP contribution is -2.44. The summed E-state index contributed by atoms with van der Waals surface area (Å²) in [5.74, 6) is -0.185. The number of carbonyl (C=O) groups is 1. The number of hydrogen-bond acceptors (Lipinski definition) is 3. The van der Waals surface area contributed by atoms with Gasteiger partial charge in [0.15, 0.2) is 0 Å². The van der Waals surface area contributed by atoms with Gasteiger partial charge in [-0.25, -0.2) is 8.42 Å². The summed E-state index contributed by atoms with van der Waals surface area (Å²) >= 11 is 0. The maximum Gasteiger partial charge on any atom is 0.242 e. The molecule has 0 aromatic heterocycles. The second kappa shape index (κ2) is 7.60. The van der Waals surface area contributed by atoms with Gasteiger partial charge in [0.05, 0.1) is 12.8 Å². The zero-order valence-electron chi connectivity index (χ0n) is 15.2. The van der Waals surface area contributed by atoms with E-state index in [0.29, 0.717) is 6.54 Å². The number of nitrogens with zero attached hydrogens (tertiary/aromatic N) is 2. The van der Waals surface area contributed by atoms with Gasteiger partial charge in [-0.2, -0.15) is 4.31 Å². The molecule has 1 amide bonds. The van der Waals surface area contributed by atoms with Crippen LogP contribution in [0.4, 0.5) is 5.69 Å². The van der Waals surface area contributed by atoms with Crippen molar-refractivity contribution in [1.82, 2.24) is 4.31 Å². The van der Waals surface area contributed by atoms with Crippen molar-refractivity contribution in [2.24, 2.45) is 0 Å². The van der Waals surface area contributed by atoms with E-state index in [2.05, 4.69) is 0 Å². The third-order valence-electron chi connectivity index (χ3n) is 4.63. The van der Waals surface area contributed by atoms with E-state index in [-0.39, 0.29) is 19.0 Å². The average molecular weight is 372 g/mol. The van der Waals surface area contributed by atoms with Gasteiger partial charge in [0.1, 0.15) is 0 Å². The highest BCUT2D eigenvalue weighted by Gasteiger charge is 2.27. The molecule has 1 aliphatic rings. The average Bonchev–Trinajstić information content (AvgIpc) is 2.60. The summed E-state index contributed by atoms with van der Waals surface area (Å²) in [5.41, 5.74) is 3.97. The van der Waals surface area contributed by atoms with Gasteiger partial charge in [-0.3, -0.25) is 4.79 Å². The third kappa shape index (κ3) is 4.31. The minimum Gasteiger partial charge on any atom is -0.311 e. The van der Waals surface area contributed by atoms with Crippen LogP contribution in [0.1, 0.15) is 23.1 Å². The fourth-order valence-corrected chi connectivity index (χ4v) is 4.06. The highest BCUT2D eigenvalue weighted by Crippen LogP contribution is 2.27. The number of amides is 1. The Kier molecular flexibility index (Phi) is 5.44. The molecule has 2 aromatic rings. The van der Waals surface area contributed by atoms with Gasteiger partial charge in [-0.1, -0.05) is 48.0 Å². The number of sulfonamides is 1. The van der Waals surface area contributed by atoms with Crippen molar-refractivity contribution in [3.05, 3.63) is 65.2 Å². The van der Waals surface area contributed by atoms with Gasteiger partial charge in [0, 0.05) is 18.8 Å². The van der Waals surface area contributed by atoms with Crippen LogP contribution in [-0.2, 0) is 27.8 Å². The molecule has 6 heteroatoms. The van der Waals surface area contributed by atoms with E-state index in [1.807, 2.05) is 55.5 Å². The van der Waals surface area contributed by atoms with E-state index >= 15 is 0 Å². The molecule has 138 valence electrons. The van der Waals surface area contributed by atoms with Gasteiger partial charge in [-0.05, 0) is 37.0 Å². The lowest BCUT2D eigenvalue weighted by Gasteiger charge is -2.31. The first-order chi connectivity index (χ1) is 12.3. The van der Waals surface area contributed by atoms with Crippen molar-refractivity contribution in [1.29, 1.82) is 0 Å². The molecule has 2 aromatic carbocycles. The van der Waals surface area contributed by atoms with Crippen LogP contribution in [0.15, 0.2) is 48.5 Å². The monoisotopic (exact) mass is 372 g/mol. The predicted octanol–water partition coefficient (Wildman–Crippen LogP) is 2.74. The van der Waals surface area contributed by atoms with E-state index in [4.69, 9.17) is 0 Å². The van der Waals surface area contributed by atoms with Crippen LogP contribution >= 0.6 is 0 Å². The number of para-hydroxylation sites is 1. The molecule has 0 radical (unpaired) electrons. The van der Waals surface area contributed by atoms with Gasteiger partial charge < -0.3 is 4.90 Å². The molecule has 0 saturated carbocycles. The topological polar surface area (TPSA) is 57.7 Å². The van der Waals surface area contributed by atoms with Gasteiger partial charge >= 0.3 is 0 Å². The minimum absolute atomic E-state index is 0.152. The van der Waals surface area contributed by atoms with Crippen LogP contribution in [0, 0.1) is 6.92 Å². The predicted molar refractivity (Wildman–Crippen MR) is 104 cm³/mol. The standard InChI is InChI=1S/C20H24N2O3S/c1-16-7-5-8-17(13-16)14-21(26(2,24)25)15-20(23)22-12-6-10-18-9-3-4-11-19(18)22/h3-5,7-9,11,13H,6,10,12,14-15H2,1-2H3. The van der Waals surface area contributed by atoms with Crippen molar-refractivity contribution in [2.75, 3.05) is 24.2 Å². The molecule has 26 heavy (non-hydrogen) atoms. The summed E-state index contributed by atoms with van der Waals surface area (Å²) < 4.78 is 25.7. The maximum atomic E-state index is 12.9. The normalized spacial score (nSPS) is 14.3. The molecule has 0 fully saturated rings. The van der Waals surface area contributed by atoms with Gasteiger partial charge in [0.2, 0.25) is 15.9 Å². The number of fused-ring (bicyclic) bond motifs is 1. The summed E-state index contributed by atoms with van der Waals surface area (Å²) in [6.45, 7) is 2.63. The summed E-state index contributed by atoms with van der Waals surface area (Å²) in [7, 11) is -3.50. The Morgan fingerprint density at radius 3 is 2.65 bits per heavy atom. The number of benzene rings is 2. The second-order valence-corrected chi connectivity index (χ2v) is 8.78. The third-order valence-corrected chi connectivity index (χ3v) is 5.83. The molecule has 0 aliphatic carbocycles. The zero-order chi connectivity index (χ0) is 18.7. The molecular weight excluding hydrogens is 348 g/mol.